The third-order valence-electron chi connectivity index (χ3n) is 3.53. The normalized spacial score (nSPS) is 33.6. The molecule has 0 aromatic rings. The van der Waals surface area contributed by atoms with E-state index in [0.717, 1.165) is 13.2 Å². The van der Waals surface area contributed by atoms with Crippen molar-refractivity contribution in [2.24, 2.45) is 5.41 Å². The van der Waals surface area contributed by atoms with Gasteiger partial charge in [0.25, 0.3) is 0 Å². The lowest BCUT2D eigenvalue weighted by molar-refractivity contribution is 0.0321. The molecule has 0 unspecified atom stereocenters. The van der Waals surface area contributed by atoms with Crippen molar-refractivity contribution in [2.45, 2.75) is 45.1 Å². The van der Waals surface area contributed by atoms with Crippen LogP contribution in [0.5, 0.6) is 0 Å². The maximum absolute atomic E-state index is 13.2. The zero-order chi connectivity index (χ0) is 11.8. The van der Waals surface area contributed by atoms with Gasteiger partial charge in [-0.3, -0.25) is 4.90 Å². The fraction of sp³-hybridized carbons (Fsp3) is 1.00. The summed E-state index contributed by atoms with van der Waals surface area (Å²) in [4.78, 5) is 2.03. The van der Waals surface area contributed by atoms with Crippen LogP contribution in [0.25, 0.3) is 0 Å². The minimum atomic E-state index is -1.07. The van der Waals surface area contributed by atoms with Crippen molar-refractivity contribution in [1.82, 2.24) is 4.90 Å². The van der Waals surface area contributed by atoms with Crippen molar-refractivity contribution in [3.8, 4) is 0 Å². The van der Waals surface area contributed by atoms with Gasteiger partial charge in [0.2, 0.25) is 0 Å². The molecule has 0 aromatic carbocycles. The number of nitrogens with zero attached hydrogens (tertiary/aromatic N) is 1. The maximum Gasteiger partial charge on any atom is 0.140 e. The number of aliphatic hydroxyl groups excluding tert-OH is 1. The Morgan fingerprint density at radius 2 is 2.12 bits per heavy atom. The van der Waals surface area contributed by atoms with Crippen LogP contribution in [-0.2, 0) is 4.74 Å². The van der Waals surface area contributed by atoms with Crippen molar-refractivity contribution in [1.29, 1.82) is 0 Å². The van der Waals surface area contributed by atoms with Crippen LogP contribution in [-0.4, -0.2) is 54.6 Å². The van der Waals surface area contributed by atoms with Crippen molar-refractivity contribution in [3.05, 3.63) is 0 Å². The Morgan fingerprint density at radius 1 is 1.44 bits per heavy atom. The molecule has 4 heteroatoms. The zero-order valence-corrected chi connectivity index (χ0v) is 10.2. The van der Waals surface area contributed by atoms with E-state index in [0.29, 0.717) is 13.1 Å². The quantitative estimate of drug-likeness (QED) is 0.772. The van der Waals surface area contributed by atoms with Crippen LogP contribution >= 0.6 is 0 Å². The monoisotopic (exact) mass is 231 g/mol. The molecular weight excluding hydrogens is 209 g/mol. The van der Waals surface area contributed by atoms with E-state index in [9.17, 15) is 9.50 Å². The lowest BCUT2D eigenvalue weighted by Gasteiger charge is -2.23. The smallest absolute Gasteiger partial charge is 0.140 e. The summed E-state index contributed by atoms with van der Waals surface area (Å²) in [6.45, 7) is 6.57. The van der Waals surface area contributed by atoms with Crippen LogP contribution in [0, 0.1) is 5.41 Å². The summed E-state index contributed by atoms with van der Waals surface area (Å²) in [6, 6.07) is 0. The molecule has 2 rings (SSSR count). The summed E-state index contributed by atoms with van der Waals surface area (Å²) in [5.74, 6) is 0. The van der Waals surface area contributed by atoms with E-state index in [1.54, 1.807) is 0 Å². The van der Waals surface area contributed by atoms with Gasteiger partial charge in [-0.2, -0.15) is 0 Å². The second-order valence-electron chi connectivity index (χ2n) is 5.64. The van der Waals surface area contributed by atoms with Crippen LogP contribution in [0.1, 0.15) is 26.7 Å². The maximum atomic E-state index is 13.2. The largest absolute Gasteiger partial charge is 0.389 e. The van der Waals surface area contributed by atoms with E-state index in [2.05, 4.69) is 0 Å². The minimum absolute atomic E-state index is 0.244. The molecule has 0 amide bonds. The van der Waals surface area contributed by atoms with Gasteiger partial charge in [0.05, 0.1) is 18.8 Å². The molecule has 94 valence electrons. The lowest BCUT2D eigenvalue weighted by atomic mass is 10.1. The molecule has 0 radical (unpaired) electrons. The van der Waals surface area contributed by atoms with Gasteiger partial charge < -0.3 is 9.84 Å². The van der Waals surface area contributed by atoms with Gasteiger partial charge in [0, 0.05) is 25.0 Å². The molecule has 0 aromatic heterocycles. The van der Waals surface area contributed by atoms with Crippen molar-refractivity contribution >= 4 is 0 Å². The molecule has 1 saturated carbocycles. The Labute approximate surface area is 96.6 Å². The molecule has 16 heavy (non-hydrogen) atoms. The molecule has 0 bridgehead atoms. The number of rotatable bonds is 5. The molecule has 1 aliphatic heterocycles. The molecule has 1 saturated heterocycles. The number of aliphatic hydroxyl groups is 1. The first kappa shape index (κ1) is 12.3. The van der Waals surface area contributed by atoms with Gasteiger partial charge in [-0.15, -0.1) is 0 Å². The van der Waals surface area contributed by atoms with Crippen LogP contribution < -0.4 is 0 Å². The van der Waals surface area contributed by atoms with E-state index < -0.39 is 12.3 Å². The Bertz CT molecular complexity index is 233. The van der Waals surface area contributed by atoms with Gasteiger partial charge in [-0.25, -0.2) is 4.39 Å². The summed E-state index contributed by atoms with van der Waals surface area (Å²) in [5, 5.41) is 9.36. The molecule has 2 atom stereocenters. The van der Waals surface area contributed by atoms with Gasteiger partial charge in [0.1, 0.15) is 6.17 Å². The number of likely N-dealkylation sites (tertiary alicyclic amines) is 1. The van der Waals surface area contributed by atoms with E-state index in [1.165, 1.54) is 12.8 Å². The number of β-amino-alcohol motifs (C(OH)–C–C–N with tert-alkyl or cyclic N) is 1. The Kier molecular flexibility index (Phi) is 3.52. The predicted molar refractivity (Wildman–Crippen MR) is 60.1 cm³/mol. The van der Waals surface area contributed by atoms with Gasteiger partial charge >= 0.3 is 0 Å². The van der Waals surface area contributed by atoms with Gasteiger partial charge in [-0.1, -0.05) is 0 Å². The highest BCUT2D eigenvalue weighted by molar-refractivity contribution is 4.98. The van der Waals surface area contributed by atoms with Crippen molar-refractivity contribution in [2.75, 3.05) is 26.2 Å². The molecule has 1 aliphatic carbocycles. The summed E-state index contributed by atoms with van der Waals surface area (Å²) >= 11 is 0. The first-order valence-electron chi connectivity index (χ1n) is 6.17. The van der Waals surface area contributed by atoms with E-state index >= 15 is 0 Å². The molecule has 0 spiro atoms. The van der Waals surface area contributed by atoms with Crippen molar-refractivity contribution < 1.29 is 14.2 Å². The lowest BCUT2D eigenvalue weighted by Crippen LogP contribution is -2.32. The third-order valence-corrected chi connectivity index (χ3v) is 3.53. The zero-order valence-electron chi connectivity index (χ0n) is 10.2. The summed E-state index contributed by atoms with van der Waals surface area (Å²) in [5.41, 5.74) is 0.244. The SMILES string of the molecule is CC(C)OCC1(CN2C[C@@H](F)[C@@H](O)C2)CC1. The number of hydrogen-bond acceptors (Lipinski definition) is 3. The Morgan fingerprint density at radius 3 is 2.56 bits per heavy atom. The first-order chi connectivity index (χ1) is 7.51. The van der Waals surface area contributed by atoms with E-state index in [-0.39, 0.29) is 11.5 Å². The topological polar surface area (TPSA) is 32.7 Å². The predicted octanol–water partition coefficient (Wildman–Crippen LogP) is 1.21. The Balaban J connectivity index is 1.77. The van der Waals surface area contributed by atoms with Gasteiger partial charge in [0.15, 0.2) is 0 Å². The molecule has 1 heterocycles. The second kappa shape index (κ2) is 4.59. The van der Waals surface area contributed by atoms with Crippen molar-refractivity contribution in [3.63, 3.8) is 0 Å². The van der Waals surface area contributed by atoms with Crippen LogP contribution in [0.15, 0.2) is 0 Å². The highest BCUT2D eigenvalue weighted by atomic mass is 19.1. The summed E-state index contributed by atoms with van der Waals surface area (Å²) in [7, 11) is 0. The molecule has 2 aliphatic rings. The fourth-order valence-electron chi connectivity index (χ4n) is 2.29. The number of halogens is 1. The number of ether oxygens (including phenoxy) is 1. The molecular formula is C12H22FNO2. The van der Waals surface area contributed by atoms with Crippen LogP contribution in [0.4, 0.5) is 4.39 Å². The van der Waals surface area contributed by atoms with E-state index in [1.807, 2.05) is 18.7 Å². The van der Waals surface area contributed by atoms with Gasteiger partial charge in [-0.05, 0) is 26.7 Å². The molecule has 3 nitrogen and oxygen atoms in total. The third kappa shape index (κ3) is 2.93. The molecule has 2 fully saturated rings. The molecule has 1 N–H and O–H groups in total. The number of alkyl halides is 1. The van der Waals surface area contributed by atoms with Crippen LogP contribution in [0.2, 0.25) is 0 Å². The Hall–Kier alpha value is -0.190. The average molecular weight is 231 g/mol. The highest BCUT2D eigenvalue weighted by Crippen LogP contribution is 2.47. The standard InChI is InChI=1S/C12H22FNO2/c1-9(2)16-8-12(3-4-12)7-14-5-10(13)11(15)6-14/h9-11,15H,3-8H2,1-2H3/t10-,11+/m1/s1. The average Bonchev–Trinajstić information content (AvgIpc) is 2.88. The second-order valence-corrected chi connectivity index (χ2v) is 5.64. The van der Waals surface area contributed by atoms with E-state index in [4.69, 9.17) is 4.74 Å². The highest BCUT2D eigenvalue weighted by Gasteiger charge is 2.46. The first-order valence-corrected chi connectivity index (χ1v) is 6.17. The minimum Gasteiger partial charge on any atom is -0.389 e. The van der Waals surface area contributed by atoms with Crippen LogP contribution in [0.3, 0.4) is 0 Å². The number of hydrogen-bond donors (Lipinski definition) is 1. The fourth-order valence-corrected chi connectivity index (χ4v) is 2.29. The summed E-state index contributed by atoms with van der Waals surface area (Å²) < 4.78 is 18.8. The summed E-state index contributed by atoms with van der Waals surface area (Å²) in [6.07, 6.45) is 0.742.